The van der Waals surface area contributed by atoms with Crippen molar-refractivity contribution in [3.05, 3.63) is 35.9 Å². The van der Waals surface area contributed by atoms with Gasteiger partial charge in [-0.2, -0.15) is 0 Å². The van der Waals surface area contributed by atoms with Crippen molar-refractivity contribution in [1.29, 1.82) is 0 Å². The van der Waals surface area contributed by atoms with Crippen LogP contribution in [-0.4, -0.2) is 47.3 Å². The third kappa shape index (κ3) is 3.78. The van der Waals surface area contributed by atoms with Crippen molar-refractivity contribution in [3.8, 4) is 0 Å². The Bertz CT molecular complexity index is 430. The van der Waals surface area contributed by atoms with Gasteiger partial charge in [0.15, 0.2) is 0 Å². The fourth-order valence-electron chi connectivity index (χ4n) is 2.46. The van der Waals surface area contributed by atoms with Crippen LogP contribution in [0, 0.1) is 0 Å². The van der Waals surface area contributed by atoms with Gasteiger partial charge in [0.05, 0.1) is 24.7 Å². The van der Waals surface area contributed by atoms with E-state index in [1.54, 1.807) is 4.90 Å². The molecule has 1 unspecified atom stereocenters. The zero-order valence-electron chi connectivity index (χ0n) is 11.5. The normalized spacial score (nSPS) is 22.3. The van der Waals surface area contributed by atoms with Gasteiger partial charge in [0.25, 0.3) is 0 Å². The van der Waals surface area contributed by atoms with E-state index in [1.165, 1.54) is 0 Å². The van der Waals surface area contributed by atoms with Crippen LogP contribution in [0.2, 0.25) is 0 Å². The fraction of sp³-hybridized carbons (Fsp3) is 0.533. The molecule has 1 aliphatic heterocycles. The summed E-state index contributed by atoms with van der Waals surface area (Å²) < 4.78 is 5.71. The van der Waals surface area contributed by atoms with Gasteiger partial charge in [0, 0.05) is 13.1 Å². The van der Waals surface area contributed by atoms with E-state index in [-0.39, 0.29) is 18.6 Å². The van der Waals surface area contributed by atoms with E-state index in [2.05, 4.69) is 0 Å². The lowest BCUT2D eigenvalue weighted by Crippen LogP contribution is -2.55. The predicted octanol–water partition coefficient (Wildman–Crippen LogP) is 1.23. The Labute approximate surface area is 114 Å². The average Bonchev–Trinajstić information content (AvgIpc) is 2.38. The first kappa shape index (κ1) is 14.0. The zero-order valence-corrected chi connectivity index (χ0v) is 11.5. The molecule has 1 N–H and O–H groups in total. The highest BCUT2D eigenvalue weighted by atomic mass is 16.5. The number of hydrogen-bond donors (Lipinski definition) is 1. The second kappa shape index (κ2) is 5.72. The van der Waals surface area contributed by atoms with Crippen molar-refractivity contribution in [1.82, 2.24) is 4.90 Å². The smallest absolute Gasteiger partial charge is 0.227 e. The molecule has 1 heterocycles. The Morgan fingerprint density at radius 2 is 2.11 bits per heavy atom. The maximum absolute atomic E-state index is 12.3. The van der Waals surface area contributed by atoms with Crippen molar-refractivity contribution >= 4 is 5.91 Å². The molecular formula is C15H21NO3. The van der Waals surface area contributed by atoms with Crippen LogP contribution in [0.5, 0.6) is 0 Å². The van der Waals surface area contributed by atoms with Gasteiger partial charge in [-0.25, -0.2) is 0 Å². The molecular weight excluding hydrogens is 242 g/mol. The van der Waals surface area contributed by atoms with Crippen LogP contribution in [0.15, 0.2) is 30.3 Å². The van der Waals surface area contributed by atoms with Crippen LogP contribution in [0.4, 0.5) is 0 Å². The number of carbonyl (C=O) groups is 1. The molecule has 0 saturated carbocycles. The standard InChI is InChI=1S/C15H21NO3/c1-15(2)11-16(9-13(10-17)19-15)14(18)8-12-6-4-3-5-7-12/h3-7,13,17H,8-11H2,1-2H3. The Morgan fingerprint density at radius 1 is 1.42 bits per heavy atom. The van der Waals surface area contributed by atoms with Gasteiger partial charge in [-0.3, -0.25) is 4.79 Å². The second-order valence-corrected chi connectivity index (χ2v) is 5.62. The summed E-state index contributed by atoms with van der Waals surface area (Å²) in [5.74, 6) is 0.0843. The van der Waals surface area contributed by atoms with Crippen molar-refractivity contribution in [2.45, 2.75) is 32.0 Å². The van der Waals surface area contributed by atoms with Crippen molar-refractivity contribution in [3.63, 3.8) is 0 Å². The molecule has 19 heavy (non-hydrogen) atoms. The first-order valence-electron chi connectivity index (χ1n) is 6.60. The molecule has 1 aromatic carbocycles. The van der Waals surface area contributed by atoms with Gasteiger partial charge in [-0.05, 0) is 19.4 Å². The molecule has 0 spiro atoms. The van der Waals surface area contributed by atoms with Crippen LogP contribution >= 0.6 is 0 Å². The van der Waals surface area contributed by atoms with Crippen LogP contribution in [0.3, 0.4) is 0 Å². The number of aliphatic hydroxyl groups is 1. The van der Waals surface area contributed by atoms with E-state index >= 15 is 0 Å². The van der Waals surface area contributed by atoms with Crippen molar-refractivity contribution in [2.75, 3.05) is 19.7 Å². The summed E-state index contributed by atoms with van der Waals surface area (Å²) in [6.45, 7) is 4.86. The molecule has 4 nitrogen and oxygen atoms in total. The van der Waals surface area contributed by atoms with Gasteiger partial charge >= 0.3 is 0 Å². The largest absolute Gasteiger partial charge is 0.394 e. The first-order chi connectivity index (χ1) is 9.00. The van der Waals surface area contributed by atoms with Crippen LogP contribution in [0.25, 0.3) is 0 Å². The van der Waals surface area contributed by atoms with E-state index in [0.717, 1.165) is 5.56 Å². The Hall–Kier alpha value is -1.39. The zero-order chi connectivity index (χ0) is 13.9. The topological polar surface area (TPSA) is 49.8 Å². The third-order valence-electron chi connectivity index (χ3n) is 3.24. The number of hydrogen-bond acceptors (Lipinski definition) is 3. The second-order valence-electron chi connectivity index (χ2n) is 5.62. The quantitative estimate of drug-likeness (QED) is 0.892. The summed E-state index contributed by atoms with van der Waals surface area (Å²) in [4.78, 5) is 14.1. The molecule has 1 aromatic rings. The number of morpholine rings is 1. The number of nitrogens with zero attached hydrogens (tertiary/aromatic N) is 1. The van der Waals surface area contributed by atoms with E-state index < -0.39 is 5.60 Å². The molecule has 1 amide bonds. The molecule has 1 atom stereocenters. The lowest BCUT2D eigenvalue weighted by Gasteiger charge is -2.42. The lowest BCUT2D eigenvalue weighted by molar-refractivity contribution is -0.166. The van der Waals surface area contributed by atoms with Gasteiger partial charge in [-0.15, -0.1) is 0 Å². The van der Waals surface area contributed by atoms with Gasteiger partial charge < -0.3 is 14.7 Å². The lowest BCUT2D eigenvalue weighted by atomic mass is 10.0. The number of ether oxygens (including phenoxy) is 1. The molecule has 0 aliphatic carbocycles. The molecule has 0 aromatic heterocycles. The maximum Gasteiger partial charge on any atom is 0.227 e. The number of benzene rings is 1. The average molecular weight is 263 g/mol. The molecule has 4 heteroatoms. The number of aliphatic hydroxyl groups excluding tert-OH is 1. The molecule has 1 fully saturated rings. The molecule has 1 saturated heterocycles. The molecule has 104 valence electrons. The van der Waals surface area contributed by atoms with E-state index in [9.17, 15) is 9.90 Å². The molecule has 0 bridgehead atoms. The SMILES string of the molecule is CC1(C)CN(C(=O)Cc2ccccc2)CC(CO)O1. The van der Waals surface area contributed by atoms with Crippen molar-refractivity contribution in [2.24, 2.45) is 0 Å². The van der Waals surface area contributed by atoms with Gasteiger partial charge in [0.2, 0.25) is 5.91 Å². The van der Waals surface area contributed by atoms with Gasteiger partial charge in [0.1, 0.15) is 0 Å². The number of carbonyl (C=O) groups excluding carboxylic acids is 1. The Kier molecular flexibility index (Phi) is 4.22. The summed E-state index contributed by atoms with van der Waals surface area (Å²) in [5.41, 5.74) is 0.607. The van der Waals surface area contributed by atoms with E-state index in [1.807, 2.05) is 44.2 Å². The fourth-order valence-corrected chi connectivity index (χ4v) is 2.46. The summed E-state index contributed by atoms with van der Waals surface area (Å²) in [7, 11) is 0. The van der Waals surface area contributed by atoms with Crippen LogP contribution < -0.4 is 0 Å². The number of rotatable bonds is 3. The summed E-state index contributed by atoms with van der Waals surface area (Å²) >= 11 is 0. The highest BCUT2D eigenvalue weighted by molar-refractivity contribution is 5.79. The summed E-state index contributed by atoms with van der Waals surface area (Å²) in [6.07, 6.45) is 0.109. The predicted molar refractivity (Wildman–Crippen MR) is 72.8 cm³/mol. The van der Waals surface area contributed by atoms with Gasteiger partial charge in [-0.1, -0.05) is 30.3 Å². The monoisotopic (exact) mass is 263 g/mol. The number of amides is 1. The van der Waals surface area contributed by atoms with E-state index in [0.29, 0.717) is 19.5 Å². The molecule has 2 rings (SSSR count). The third-order valence-corrected chi connectivity index (χ3v) is 3.24. The maximum atomic E-state index is 12.3. The highest BCUT2D eigenvalue weighted by Gasteiger charge is 2.35. The van der Waals surface area contributed by atoms with E-state index in [4.69, 9.17) is 4.74 Å². The minimum atomic E-state index is -0.405. The minimum absolute atomic E-state index is 0.0570. The van der Waals surface area contributed by atoms with Crippen molar-refractivity contribution < 1.29 is 14.6 Å². The Morgan fingerprint density at radius 3 is 2.74 bits per heavy atom. The Balaban J connectivity index is 2.02. The van der Waals surface area contributed by atoms with Crippen LogP contribution in [-0.2, 0) is 16.0 Å². The molecule has 0 radical (unpaired) electrons. The first-order valence-corrected chi connectivity index (χ1v) is 6.60. The minimum Gasteiger partial charge on any atom is -0.394 e. The highest BCUT2D eigenvalue weighted by Crippen LogP contribution is 2.21. The molecule has 1 aliphatic rings. The van der Waals surface area contributed by atoms with Crippen LogP contribution in [0.1, 0.15) is 19.4 Å². The summed E-state index contributed by atoms with van der Waals surface area (Å²) in [5, 5.41) is 9.25. The summed E-state index contributed by atoms with van der Waals surface area (Å²) in [6, 6.07) is 9.71.